The van der Waals surface area contributed by atoms with E-state index in [1.165, 1.54) is 31.4 Å². The van der Waals surface area contributed by atoms with E-state index in [2.05, 4.69) is 15.5 Å². The van der Waals surface area contributed by atoms with Crippen LogP contribution >= 0.6 is 0 Å². The van der Waals surface area contributed by atoms with Crippen LogP contribution in [-0.4, -0.2) is 35.9 Å². The standard InChI is InChI=1S/C24H21F2N3O3/c1-14-10-16-12-17(13-27-21(30)8-6-15-4-3-5-19(25)23(15)26)32-24(16)18(11-14)20-7-9-22(31-2)29-28-20/h3-11,17H,12-13H2,1-2H3,(H,27,30)/b8-6+/t17-/m1/s1. The molecule has 1 aromatic heterocycles. The minimum Gasteiger partial charge on any atom is -0.487 e. The fourth-order valence-corrected chi connectivity index (χ4v) is 3.56. The fraction of sp³-hybridized carbons (Fsp3) is 0.208. The van der Waals surface area contributed by atoms with Gasteiger partial charge >= 0.3 is 0 Å². The van der Waals surface area contributed by atoms with Gasteiger partial charge in [0.25, 0.3) is 0 Å². The summed E-state index contributed by atoms with van der Waals surface area (Å²) in [6.45, 7) is 2.25. The molecule has 1 atom stereocenters. The lowest BCUT2D eigenvalue weighted by molar-refractivity contribution is -0.116. The molecule has 0 fully saturated rings. The number of hydrogen-bond acceptors (Lipinski definition) is 5. The molecule has 0 aliphatic carbocycles. The molecule has 2 heterocycles. The summed E-state index contributed by atoms with van der Waals surface area (Å²) in [5, 5.41) is 11.0. The van der Waals surface area contributed by atoms with Crippen molar-refractivity contribution in [3.63, 3.8) is 0 Å². The maximum atomic E-state index is 13.7. The van der Waals surface area contributed by atoms with Crippen molar-refractivity contribution in [1.82, 2.24) is 15.5 Å². The number of halogens is 2. The number of methoxy groups -OCH3 is 1. The van der Waals surface area contributed by atoms with Crippen molar-refractivity contribution >= 4 is 12.0 Å². The highest BCUT2D eigenvalue weighted by Gasteiger charge is 2.27. The zero-order valence-corrected chi connectivity index (χ0v) is 17.6. The highest BCUT2D eigenvalue weighted by Crippen LogP contribution is 2.39. The second-order valence-corrected chi connectivity index (χ2v) is 7.43. The predicted octanol–water partition coefficient (Wildman–Crippen LogP) is 3.87. The first kappa shape index (κ1) is 21.4. The summed E-state index contributed by atoms with van der Waals surface area (Å²) in [6.07, 6.45) is 2.76. The van der Waals surface area contributed by atoms with Crippen LogP contribution in [0.5, 0.6) is 11.6 Å². The minimum atomic E-state index is -0.990. The number of hydrogen-bond donors (Lipinski definition) is 1. The summed E-state index contributed by atoms with van der Waals surface area (Å²) < 4.78 is 38.1. The number of nitrogens with one attached hydrogen (secondary N) is 1. The van der Waals surface area contributed by atoms with E-state index in [1.807, 2.05) is 25.1 Å². The molecular weight excluding hydrogens is 416 g/mol. The van der Waals surface area contributed by atoms with Crippen LogP contribution in [0.2, 0.25) is 0 Å². The lowest BCUT2D eigenvalue weighted by Gasteiger charge is -2.13. The second-order valence-electron chi connectivity index (χ2n) is 7.43. The van der Waals surface area contributed by atoms with Crippen LogP contribution in [0.15, 0.2) is 48.5 Å². The Morgan fingerprint density at radius 2 is 2.09 bits per heavy atom. The molecule has 1 aliphatic heterocycles. The lowest BCUT2D eigenvalue weighted by atomic mass is 10.0. The largest absolute Gasteiger partial charge is 0.487 e. The summed E-state index contributed by atoms with van der Waals surface area (Å²) in [5.74, 6) is -1.24. The fourth-order valence-electron chi connectivity index (χ4n) is 3.56. The van der Waals surface area contributed by atoms with Crippen molar-refractivity contribution in [2.75, 3.05) is 13.7 Å². The number of ether oxygens (including phenoxy) is 2. The Morgan fingerprint density at radius 1 is 1.25 bits per heavy atom. The predicted molar refractivity (Wildman–Crippen MR) is 115 cm³/mol. The smallest absolute Gasteiger partial charge is 0.244 e. The second kappa shape index (κ2) is 9.13. The third-order valence-corrected chi connectivity index (χ3v) is 5.07. The Kier molecular flexibility index (Phi) is 6.11. The Labute approximate surface area is 183 Å². The molecule has 164 valence electrons. The monoisotopic (exact) mass is 437 g/mol. The van der Waals surface area contributed by atoms with Crippen LogP contribution in [0.3, 0.4) is 0 Å². The molecule has 0 unspecified atom stereocenters. The summed E-state index contributed by atoms with van der Waals surface area (Å²) >= 11 is 0. The first-order valence-electron chi connectivity index (χ1n) is 10.0. The molecule has 8 heteroatoms. The summed E-state index contributed by atoms with van der Waals surface area (Å²) in [5.41, 5.74) is 3.57. The average Bonchev–Trinajstić information content (AvgIpc) is 3.21. The van der Waals surface area contributed by atoms with Crippen LogP contribution < -0.4 is 14.8 Å². The van der Waals surface area contributed by atoms with E-state index in [-0.39, 0.29) is 18.2 Å². The van der Waals surface area contributed by atoms with Crippen LogP contribution in [0.1, 0.15) is 16.7 Å². The minimum absolute atomic E-state index is 0.00499. The molecule has 2 aromatic carbocycles. The molecular formula is C24H21F2N3O3. The van der Waals surface area contributed by atoms with E-state index in [9.17, 15) is 13.6 Å². The van der Waals surface area contributed by atoms with Gasteiger partial charge in [-0.1, -0.05) is 18.2 Å². The Morgan fingerprint density at radius 3 is 2.84 bits per heavy atom. The van der Waals surface area contributed by atoms with Gasteiger partial charge in [-0.05, 0) is 42.3 Å². The zero-order chi connectivity index (χ0) is 22.7. The summed E-state index contributed by atoms with van der Waals surface area (Å²) in [4.78, 5) is 12.1. The van der Waals surface area contributed by atoms with Crippen molar-refractivity contribution in [1.29, 1.82) is 0 Å². The molecule has 0 radical (unpaired) electrons. The highest BCUT2D eigenvalue weighted by atomic mass is 19.2. The van der Waals surface area contributed by atoms with E-state index in [0.29, 0.717) is 23.7 Å². The molecule has 0 bridgehead atoms. The third kappa shape index (κ3) is 4.59. The number of carbonyl (C=O) groups is 1. The molecule has 0 saturated heterocycles. The van der Waals surface area contributed by atoms with Gasteiger partial charge in [0, 0.05) is 29.7 Å². The molecule has 0 spiro atoms. The number of nitrogens with zero attached hydrogens (tertiary/aromatic N) is 2. The number of aromatic nitrogens is 2. The summed E-state index contributed by atoms with van der Waals surface area (Å²) in [6, 6.07) is 11.4. The van der Waals surface area contributed by atoms with Gasteiger partial charge in [-0.15, -0.1) is 10.2 Å². The Balaban J connectivity index is 1.42. The molecule has 0 saturated carbocycles. The highest BCUT2D eigenvalue weighted by molar-refractivity contribution is 5.91. The molecule has 4 rings (SSSR count). The van der Waals surface area contributed by atoms with Gasteiger partial charge in [0.05, 0.1) is 19.3 Å². The van der Waals surface area contributed by atoms with Gasteiger partial charge in [-0.3, -0.25) is 4.79 Å². The first-order chi connectivity index (χ1) is 15.4. The molecule has 1 amide bonds. The van der Waals surface area contributed by atoms with Gasteiger partial charge in [0.15, 0.2) is 11.6 Å². The van der Waals surface area contributed by atoms with Crippen molar-refractivity contribution in [2.45, 2.75) is 19.4 Å². The number of fused-ring (bicyclic) bond motifs is 1. The van der Waals surface area contributed by atoms with Crippen molar-refractivity contribution in [2.24, 2.45) is 0 Å². The van der Waals surface area contributed by atoms with Crippen LogP contribution in [0.25, 0.3) is 17.3 Å². The van der Waals surface area contributed by atoms with Crippen LogP contribution in [0.4, 0.5) is 8.78 Å². The SMILES string of the molecule is COc1ccc(-c2cc(C)cc3c2O[C@@H](CNC(=O)/C=C/c2cccc(F)c2F)C3)nn1. The van der Waals surface area contributed by atoms with Gasteiger partial charge < -0.3 is 14.8 Å². The van der Waals surface area contributed by atoms with E-state index < -0.39 is 17.5 Å². The first-order valence-corrected chi connectivity index (χ1v) is 10.0. The molecule has 1 aliphatic rings. The summed E-state index contributed by atoms with van der Waals surface area (Å²) in [7, 11) is 1.53. The maximum absolute atomic E-state index is 13.7. The number of carbonyl (C=O) groups excluding carboxylic acids is 1. The number of amides is 1. The Hall–Kier alpha value is -3.81. The van der Waals surface area contributed by atoms with Gasteiger partial charge in [-0.2, -0.15) is 0 Å². The van der Waals surface area contributed by atoms with Gasteiger partial charge in [-0.25, -0.2) is 8.78 Å². The molecule has 32 heavy (non-hydrogen) atoms. The topological polar surface area (TPSA) is 73.3 Å². The van der Waals surface area contributed by atoms with E-state index in [0.717, 1.165) is 22.8 Å². The number of benzene rings is 2. The average molecular weight is 437 g/mol. The number of aryl methyl sites for hydroxylation is 1. The van der Waals surface area contributed by atoms with E-state index in [4.69, 9.17) is 9.47 Å². The van der Waals surface area contributed by atoms with Crippen molar-refractivity contribution in [3.05, 3.63) is 76.9 Å². The lowest BCUT2D eigenvalue weighted by Crippen LogP contribution is -2.33. The van der Waals surface area contributed by atoms with Crippen molar-refractivity contribution in [3.8, 4) is 22.9 Å². The zero-order valence-electron chi connectivity index (χ0n) is 17.6. The van der Waals surface area contributed by atoms with Gasteiger partial charge in [0.1, 0.15) is 11.9 Å². The molecule has 6 nitrogen and oxygen atoms in total. The third-order valence-electron chi connectivity index (χ3n) is 5.07. The van der Waals surface area contributed by atoms with Crippen molar-refractivity contribution < 1.29 is 23.0 Å². The maximum Gasteiger partial charge on any atom is 0.244 e. The van der Waals surface area contributed by atoms with Gasteiger partial charge in [0.2, 0.25) is 11.8 Å². The quantitative estimate of drug-likeness (QED) is 0.593. The molecule has 1 N–H and O–H groups in total. The van der Waals surface area contributed by atoms with Crippen LogP contribution in [0, 0.1) is 18.6 Å². The normalized spacial score (nSPS) is 14.8. The van der Waals surface area contributed by atoms with Crippen LogP contribution in [-0.2, 0) is 11.2 Å². The van der Waals surface area contributed by atoms with E-state index >= 15 is 0 Å². The number of rotatable bonds is 6. The Bertz CT molecular complexity index is 1180. The molecule has 3 aromatic rings. The van der Waals surface area contributed by atoms with E-state index in [1.54, 1.807) is 6.07 Å².